The molecule has 0 radical (unpaired) electrons. The third-order valence-electron chi connectivity index (χ3n) is 1.68. The largest absolute Gasteiger partial charge is 0.496 e. The molecule has 0 bridgehead atoms. The Bertz CT molecular complexity index is 286. The molecule has 2 nitrogen and oxygen atoms in total. The Hall–Kier alpha value is -0.450. The highest BCUT2D eigenvalue weighted by atomic mass is 127. The highest BCUT2D eigenvalue weighted by molar-refractivity contribution is 14.1. The van der Waals surface area contributed by atoms with Crippen molar-refractivity contribution in [1.82, 2.24) is 0 Å². The maximum Gasteiger partial charge on any atom is 0.121 e. The zero-order valence-electron chi connectivity index (χ0n) is 7.23. The van der Waals surface area contributed by atoms with Gasteiger partial charge in [-0.3, -0.25) is 3.56 Å². The van der Waals surface area contributed by atoms with Crippen molar-refractivity contribution in [2.75, 3.05) is 7.11 Å². The van der Waals surface area contributed by atoms with Crippen molar-refractivity contribution in [1.29, 1.82) is 3.56 Å². The molecule has 3 heteroatoms. The summed E-state index contributed by atoms with van der Waals surface area (Å²) < 4.78 is 13.3. The molecule has 0 saturated carbocycles. The van der Waals surface area contributed by atoms with Gasteiger partial charge in [-0.1, -0.05) is 12.1 Å². The first-order chi connectivity index (χ1) is 5.77. The number of hydrogen-bond acceptors (Lipinski definition) is 2. The average Bonchev–Trinajstić information content (AvgIpc) is 2.05. The minimum atomic E-state index is -0.389. The molecule has 0 fully saturated rings. The van der Waals surface area contributed by atoms with E-state index in [1.807, 2.05) is 19.1 Å². The summed E-state index contributed by atoms with van der Waals surface area (Å²) in [7, 11) is 1.68. The molecular weight excluding hydrogens is 265 g/mol. The molecule has 0 spiro atoms. The predicted molar refractivity (Wildman–Crippen MR) is 58.2 cm³/mol. The summed E-state index contributed by atoms with van der Waals surface area (Å²) in [6.45, 7) is 2.03. The molecule has 1 N–H and O–H groups in total. The van der Waals surface area contributed by atoms with Crippen LogP contribution in [0.5, 0.6) is 5.75 Å². The van der Waals surface area contributed by atoms with E-state index in [9.17, 15) is 0 Å². The van der Waals surface area contributed by atoms with Gasteiger partial charge in [0.05, 0.1) is 7.11 Å². The number of methoxy groups -OCH3 is 1. The molecule has 12 heavy (non-hydrogen) atoms. The summed E-state index contributed by atoms with van der Waals surface area (Å²) in [6.07, 6.45) is 0. The van der Waals surface area contributed by atoms with E-state index in [1.165, 1.54) is 5.56 Å². The fourth-order valence-electron chi connectivity index (χ4n) is 1.10. The minimum Gasteiger partial charge on any atom is -0.496 e. The zero-order valence-corrected chi connectivity index (χ0v) is 9.38. The first-order valence-electron chi connectivity index (χ1n) is 3.66. The molecule has 66 valence electrons. The lowest BCUT2D eigenvalue weighted by molar-refractivity contribution is 0.411. The van der Waals surface area contributed by atoms with Crippen molar-refractivity contribution in [3.8, 4) is 5.75 Å². The first-order valence-corrected chi connectivity index (χ1v) is 6.26. The van der Waals surface area contributed by atoms with Crippen molar-refractivity contribution >= 4 is 21.0 Å². The molecule has 0 amide bonds. The number of rotatable bonds is 3. The SMILES string of the molecule is COc1ccc(CI=N)cc1C. The number of benzene rings is 1. The Balaban J connectivity index is 2.93. The van der Waals surface area contributed by atoms with Crippen LogP contribution in [0.15, 0.2) is 18.2 Å². The van der Waals surface area contributed by atoms with Crippen LogP contribution in [-0.4, -0.2) is 7.11 Å². The summed E-state index contributed by atoms with van der Waals surface area (Å²) in [6, 6.07) is 6.12. The number of nitrogens with one attached hydrogen (secondary N) is 1. The van der Waals surface area contributed by atoms with Crippen molar-refractivity contribution in [2.24, 2.45) is 0 Å². The van der Waals surface area contributed by atoms with Gasteiger partial charge in [0.1, 0.15) is 5.75 Å². The van der Waals surface area contributed by atoms with Gasteiger partial charge in [-0.15, -0.1) is 0 Å². The lowest BCUT2D eigenvalue weighted by Gasteiger charge is -2.04. The van der Waals surface area contributed by atoms with Gasteiger partial charge in [0, 0.05) is 4.43 Å². The van der Waals surface area contributed by atoms with E-state index in [1.54, 1.807) is 7.11 Å². The molecular formula is C9H12INO. The molecule has 0 aliphatic heterocycles. The molecule has 1 aromatic carbocycles. The van der Waals surface area contributed by atoms with Crippen LogP contribution < -0.4 is 4.74 Å². The van der Waals surface area contributed by atoms with Gasteiger partial charge in [0.15, 0.2) is 0 Å². The summed E-state index contributed by atoms with van der Waals surface area (Å²) in [5.74, 6) is 0.932. The molecule has 0 aromatic heterocycles. The highest BCUT2D eigenvalue weighted by Crippen LogP contribution is 2.20. The van der Waals surface area contributed by atoms with Crippen LogP contribution in [0.1, 0.15) is 11.1 Å². The third kappa shape index (κ3) is 2.27. The molecule has 0 heterocycles. The van der Waals surface area contributed by atoms with Crippen molar-refractivity contribution < 1.29 is 4.74 Å². The third-order valence-corrected chi connectivity index (χ3v) is 2.94. The fraction of sp³-hybridized carbons (Fsp3) is 0.333. The van der Waals surface area contributed by atoms with Crippen LogP contribution in [0.4, 0.5) is 0 Å². The molecule has 0 aliphatic carbocycles. The van der Waals surface area contributed by atoms with Gasteiger partial charge in [0.25, 0.3) is 0 Å². The smallest absolute Gasteiger partial charge is 0.121 e. The molecule has 1 rings (SSSR count). The summed E-state index contributed by atoms with van der Waals surface area (Å²) in [5, 5.41) is 0. The second-order valence-electron chi connectivity index (χ2n) is 2.57. The van der Waals surface area contributed by atoms with Gasteiger partial charge in [-0.25, -0.2) is 0 Å². The van der Waals surface area contributed by atoms with Crippen molar-refractivity contribution in [3.63, 3.8) is 0 Å². The second-order valence-corrected chi connectivity index (χ2v) is 4.10. The molecule has 1 aromatic rings. The van der Waals surface area contributed by atoms with E-state index in [-0.39, 0.29) is 21.0 Å². The first kappa shape index (κ1) is 9.64. The quantitative estimate of drug-likeness (QED) is 0.667. The van der Waals surface area contributed by atoms with E-state index in [2.05, 4.69) is 6.07 Å². The van der Waals surface area contributed by atoms with E-state index in [0.29, 0.717) is 0 Å². The highest BCUT2D eigenvalue weighted by Gasteiger charge is 1.98. The van der Waals surface area contributed by atoms with Gasteiger partial charge >= 0.3 is 0 Å². The standard InChI is InChI=1S/C9H12INO/c1-7-5-8(6-10-11)3-4-9(7)12-2/h3-5,11H,6H2,1-2H3. The fourth-order valence-corrected chi connectivity index (χ4v) is 2.02. The lowest BCUT2D eigenvalue weighted by Crippen LogP contribution is -1.87. The summed E-state index contributed by atoms with van der Waals surface area (Å²) >= 11 is -0.389. The lowest BCUT2D eigenvalue weighted by atomic mass is 10.1. The van der Waals surface area contributed by atoms with E-state index in [4.69, 9.17) is 8.30 Å². The molecule has 0 unspecified atom stereocenters. The second kappa shape index (κ2) is 4.54. The van der Waals surface area contributed by atoms with Crippen LogP contribution in [0.2, 0.25) is 0 Å². The number of ether oxygens (including phenoxy) is 1. The Kier molecular flexibility index (Phi) is 3.65. The van der Waals surface area contributed by atoms with Gasteiger partial charge < -0.3 is 4.74 Å². The average molecular weight is 277 g/mol. The number of halogens is 1. The van der Waals surface area contributed by atoms with Gasteiger partial charge in [0.2, 0.25) is 0 Å². The normalized spacial score (nSPS) is 9.83. The molecule has 0 atom stereocenters. The summed E-state index contributed by atoms with van der Waals surface area (Å²) in [5.41, 5.74) is 2.42. The number of hydrogen-bond donors (Lipinski definition) is 1. The van der Waals surface area contributed by atoms with Crippen LogP contribution >= 0.6 is 21.0 Å². The van der Waals surface area contributed by atoms with E-state index >= 15 is 0 Å². The Morgan fingerprint density at radius 1 is 1.50 bits per heavy atom. The van der Waals surface area contributed by atoms with E-state index < -0.39 is 0 Å². The number of alkyl halides is 1. The van der Waals surface area contributed by atoms with Crippen LogP contribution in [-0.2, 0) is 4.43 Å². The molecule has 0 saturated heterocycles. The summed E-state index contributed by atoms with van der Waals surface area (Å²) in [4.78, 5) is 0. The number of aryl methyl sites for hydroxylation is 1. The molecule has 0 aliphatic rings. The minimum absolute atomic E-state index is 0.389. The monoisotopic (exact) mass is 277 g/mol. The van der Waals surface area contributed by atoms with Gasteiger partial charge in [-0.2, -0.15) is 0 Å². The van der Waals surface area contributed by atoms with Gasteiger partial charge in [-0.05, 0) is 45.2 Å². The zero-order chi connectivity index (χ0) is 8.97. The van der Waals surface area contributed by atoms with Crippen molar-refractivity contribution in [2.45, 2.75) is 11.4 Å². The van der Waals surface area contributed by atoms with Crippen LogP contribution in [0.3, 0.4) is 0 Å². The predicted octanol–water partition coefficient (Wildman–Crippen LogP) is 3.24. The Labute approximate surface area is 82.9 Å². The van der Waals surface area contributed by atoms with E-state index in [0.717, 1.165) is 15.7 Å². The Morgan fingerprint density at radius 2 is 2.25 bits per heavy atom. The topological polar surface area (TPSA) is 33.1 Å². The maximum absolute atomic E-state index is 7.19. The van der Waals surface area contributed by atoms with Crippen molar-refractivity contribution in [3.05, 3.63) is 29.3 Å². The van der Waals surface area contributed by atoms with Crippen LogP contribution in [0.25, 0.3) is 0 Å². The Morgan fingerprint density at radius 3 is 2.75 bits per heavy atom. The van der Waals surface area contributed by atoms with Crippen LogP contribution in [0, 0.1) is 10.5 Å². The maximum atomic E-state index is 7.19.